The van der Waals surface area contributed by atoms with E-state index in [0.717, 1.165) is 12.2 Å². The fourth-order valence-electron chi connectivity index (χ4n) is 1.02. The van der Waals surface area contributed by atoms with E-state index in [9.17, 15) is 19.2 Å². The summed E-state index contributed by atoms with van der Waals surface area (Å²) < 4.78 is 3.25. The molecule has 0 aliphatic rings. The van der Waals surface area contributed by atoms with E-state index in [1.807, 2.05) is 0 Å². The number of carbonyl (C=O) groups excluding carboxylic acids is 4. The number of rotatable bonds is 10. The third kappa shape index (κ3) is 26.2. The van der Waals surface area contributed by atoms with Crippen LogP contribution in [0.1, 0.15) is 53.4 Å². The van der Waals surface area contributed by atoms with Crippen LogP contribution in [0, 0.1) is 0 Å². The van der Waals surface area contributed by atoms with Gasteiger partial charge in [-0.25, -0.2) is 0 Å². The zero-order valence-electron chi connectivity index (χ0n) is 14.9. The van der Waals surface area contributed by atoms with E-state index in [4.69, 9.17) is 0 Å². The minimum atomic E-state index is -0.528. The third-order valence-electron chi connectivity index (χ3n) is 2.48. The van der Waals surface area contributed by atoms with Crippen molar-refractivity contribution in [1.82, 2.24) is 0 Å². The molecule has 5 heteroatoms. The molecule has 0 aromatic heterocycles. The van der Waals surface area contributed by atoms with Crippen LogP contribution < -0.4 is 0 Å². The Labute approximate surface area is 151 Å². The van der Waals surface area contributed by atoms with Gasteiger partial charge in [-0.1, -0.05) is 13.2 Å². The van der Waals surface area contributed by atoms with Crippen LogP contribution in [-0.4, -0.2) is 44.3 Å². The molecule has 0 aliphatic heterocycles. The van der Waals surface area contributed by atoms with Gasteiger partial charge in [-0.15, -0.1) is 0 Å². The number of Topliss-reactive ketones (excluding diaryl/α,β-unsaturated/α-hetero) is 2. The molecule has 0 atom stereocenters. The van der Waals surface area contributed by atoms with Gasteiger partial charge < -0.3 is 0 Å². The molecule has 0 N–H and O–H groups in total. The van der Waals surface area contributed by atoms with Gasteiger partial charge in [-0.3, -0.25) is 19.2 Å². The van der Waals surface area contributed by atoms with Crippen LogP contribution >= 0.6 is 0 Å². The summed E-state index contributed by atoms with van der Waals surface area (Å²) in [6.07, 6.45) is 7.84. The van der Waals surface area contributed by atoms with Gasteiger partial charge >= 0.3 is 69.5 Å². The number of hydrogen-bond donors (Lipinski definition) is 0. The Morgan fingerprint density at radius 3 is 1.22 bits per heavy atom. The zero-order valence-corrected chi connectivity index (χ0v) is 17.8. The molecule has 0 fully saturated rings. The van der Waals surface area contributed by atoms with Gasteiger partial charge in [0.2, 0.25) is 11.6 Å². The predicted molar refractivity (Wildman–Crippen MR) is 97.0 cm³/mol. The summed E-state index contributed by atoms with van der Waals surface area (Å²) in [7, 11) is 0. The van der Waals surface area contributed by atoms with Crippen LogP contribution in [0.25, 0.3) is 0 Å². The number of carbonyl (C=O) groups is 4. The molecule has 0 aliphatic carbocycles. The Bertz CT molecular complexity index is 350. The van der Waals surface area contributed by atoms with E-state index in [1.165, 1.54) is 39.5 Å². The standard InChI is InChI=1S/2C5H6O2.2C4H9.Sn/c2*1-3-5(7)4(2)6;2*1-3-4-2;/h2*3H,1H2,2H3;2*1,3-4H2,2H3;. The molecular formula is C18H30O4Sn. The van der Waals surface area contributed by atoms with E-state index in [2.05, 4.69) is 27.0 Å². The number of unbranched alkanes of at least 4 members (excludes halogenated alkanes) is 2. The fourth-order valence-corrected chi connectivity index (χ4v) is 5.17. The summed E-state index contributed by atoms with van der Waals surface area (Å²) >= 11 is 0.149. The quantitative estimate of drug-likeness (QED) is 0.230. The first-order chi connectivity index (χ1) is 10.8. The summed E-state index contributed by atoms with van der Waals surface area (Å²) in [6, 6.07) is 0. The molecule has 2 radical (unpaired) electrons. The van der Waals surface area contributed by atoms with E-state index < -0.39 is 23.1 Å². The minimum absolute atomic E-state index is 0.149. The molecule has 0 rings (SSSR count). The van der Waals surface area contributed by atoms with Crippen molar-refractivity contribution in [3.63, 3.8) is 0 Å². The molecule has 0 spiro atoms. The number of allylic oxidation sites excluding steroid dienone is 2. The van der Waals surface area contributed by atoms with Crippen molar-refractivity contribution in [2.45, 2.75) is 62.3 Å². The summed E-state index contributed by atoms with van der Waals surface area (Å²) in [4.78, 5) is 40.0. The van der Waals surface area contributed by atoms with Gasteiger partial charge in [-0.2, -0.15) is 0 Å². The molecule has 0 heterocycles. The number of ketones is 4. The summed E-state index contributed by atoms with van der Waals surface area (Å²) in [5.74, 6) is -1.98. The van der Waals surface area contributed by atoms with Crippen molar-refractivity contribution in [3.05, 3.63) is 25.3 Å². The Morgan fingerprint density at radius 1 is 0.783 bits per heavy atom. The Hall–Kier alpha value is -1.04. The first-order valence-corrected chi connectivity index (χ1v) is 11.9. The molecule has 4 nitrogen and oxygen atoms in total. The predicted octanol–water partition coefficient (Wildman–Crippen LogP) is 3.79. The van der Waals surface area contributed by atoms with Crippen molar-refractivity contribution in [2.75, 3.05) is 0 Å². The SMILES string of the molecule is C=CC(=O)C(C)=O.C=CC(=O)C(C)=O.CCC[CH2][Sn][CH2]CCC. The van der Waals surface area contributed by atoms with Gasteiger partial charge in [0.05, 0.1) is 0 Å². The molecule has 0 aromatic carbocycles. The van der Waals surface area contributed by atoms with E-state index >= 15 is 0 Å². The van der Waals surface area contributed by atoms with Crippen molar-refractivity contribution >= 4 is 44.3 Å². The molecule has 23 heavy (non-hydrogen) atoms. The van der Waals surface area contributed by atoms with Crippen LogP contribution in [0.15, 0.2) is 25.3 Å². The molecule has 0 unspecified atom stereocenters. The molecular weight excluding hydrogens is 399 g/mol. The Morgan fingerprint density at radius 2 is 1.09 bits per heavy atom. The normalized spacial score (nSPS) is 8.52. The molecule has 130 valence electrons. The van der Waals surface area contributed by atoms with Gasteiger partial charge in [0.15, 0.2) is 11.6 Å². The van der Waals surface area contributed by atoms with Gasteiger partial charge in [0, 0.05) is 13.8 Å². The van der Waals surface area contributed by atoms with E-state index in [0.29, 0.717) is 0 Å². The van der Waals surface area contributed by atoms with Crippen LogP contribution in [0.2, 0.25) is 8.87 Å². The van der Waals surface area contributed by atoms with Gasteiger partial charge in [-0.05, 0) is 12.2 Å². The van der Waals surface area contributed by atoms with Crippen LogP contribution in [0.5, 0.6) is 0 Å². The van der Waals surface area contributed by atoms with Crippen LogP contribution in [0.4, 0.5) is 0 Å². The van der Waals surface area contributed by atoms with E-state index in [-0.39, 0.29) is 21.1 Å². The summed E-state index contributed by atoms with van der Waals surface area (Å²) in [5.41, 5.74) is 0. The van der Waals surface area contributed by atoms with Gasteiger partial charge in [0.25, 0.3) is 0 Å². The Kier molecular flexibility index (Phi) is 24.5. The maximum atomic E-state index is 10.0. The van der Waals surface area contributed by atoms with Crippen LogP contribution in [-0.2, 0) is 19.2 Å². The average Bonchev–Trinajstić information content (AvgIpc) is 2.54. The first kappa shape index (κ1) is 26.8. The second kappa shape index (κ2) is 21.0. The molecule has 0 saturated carbocycles. The van der Waals surface area contributed by atoms with Crippen molar-refractivity contribution < 1.29 is 19.2 Å². The number of hydrogen-bond acceptors (Lipinski definition) is 4. The van der Waals surface area contributed by atoms with Crippen LogP contribution in [0.3, 0.4) is 0 Å². The zero-order chi connectivity index (χ0) is 18.7. The van der Waals surface area contributed by atoms with Crippen molar-refractivity contribution in [2.24, 2.45) is 0 Å². The second-order valence-corrected chi connectivity index (χ2v) is 8.99. The summed E-state index contributed by atoms with van der Waals surface area (Å²) in [5, 5.41) is 0. The monoisotopic (exact) mass is 430 g/mol. The van der Waals surface area contributed by atoms with Crippen molar-refractivity contribution in [1.29, 1.82) is 0 Å². The molecule has 0 amide bonds. The van der Waals surface area contributed by atoms with E-state index in [1.54, 1.807) is 8.87 Å². The van der Waals surface area contributed by atoms with Gasteiger partial charge in [0.1, 0.15) is 0 Å². The summed E-state index contributed by atoms with van der Waals surface area (Å²) in [6.45, 7) is 13.2. The molecule has 0 bridgehead atoms. The topological polar surface area (TPSA) is 68.3 Å². The Balaban J connectivity index is -0.000000264. The average molecular weight is 429 g/mol. The molecule has 0 aromatic rings. The van der Waals surface area contributed by atoms with Crippen molar-refractivity contribution in [3.8, 4) is 0 Å². The maximum absolute atomic E-state index is 10.0. The second-order valence-electron chi connectivity index (χ2n) is 4.71. The fraction of sp³-hybridized carbons (Fsp3) is 0.556. The third-order valence-corrected chi connectivity index (χ3v) is 6.52. The first-order valence-electron chi connectivity index (χ1n) is 7.83. The molecule has 0 saturated heterocycles.